The van der Waals surface area contributed by atoms with Crippen molar-refractivity contribution in [3.8, 4) is 11.5 Å². The first kappa shape index (κ1) is 13.6. The van der Waals surface area contributed by atoms with E-state index in [0.29, 0.717) is 11.3 Å². The molecule has 0 amide bonds. The van der Waals surface area contributed by atoms with E-state index in [9.17, 15) is 9.50 Å². The monoisotopic (exact) mass is 260 g/mol. The van der Waals surface area contributed by atoms with Gasteiger partial charge in [0.05, 0.1) is 6.10 Å². The molecule has 2 nitrogen and oxygen atoms in total. The normalized spacial score (nSPS) is 12.3. The largest absolute Gasteiger partial charge is 0.454 e. The van der Waals surface area contributed by atoms with Crippen LogP contribution < -0.4 is 4.74 Å². The zero-order chi connectivity index (χ0) is 14.0. The highest BCUT2D eigenvalue weighted by molar-refractivity contribution is 5.42. The van der Waals surface area contributed by atoms with Crippen molar-refractivity contribution in [2.24, 2.45) is 0 Å². The minimum absolute atomic E-state index is 0.0840. The molecular weight excluding hydrogens is 243 g/mol. The lowest BCUT2D eigenvalue weighted by Crippen LogP contribution is -1.99. The molecule has 2 aromatic carbocycles. The molecule has 0 spiro atoms. The lowest BCUT2D eigenvalue weighted by molar-refractivity contribution is 0.194. The van der Waals surface area contributed by atoms with Gasteiger partial charge in [-0.05, 0) is 50.1 Å². The SMILES string of the molecule is Cc1ccc(Oc2c(F)cccc2[C@H](C)O)cc1C. The smallest absolute Gasteiger partial charge is 0.168 e. The highest BCUT2D eigenvalue weighted by atomic mass is 19.1. The molecule has 19 heavy (non-hydrogen) atoms. The summed E-state index contributed by atoms with van der Waals surface area (Å²) in [7, 11) is 0. The van der Waals surface area contributed by atoms with Crippen molar-refractivity contribution in [3.63, 3.8) is 0 Å². The molecule has 100 valence electrons. The van der Waals surface area contributed by atoms with E-state index in [1.807, 2.05) is 26.0 Å². The number of hydrogen-bond donors (Lipinski definition) is 1. The number of para-hydroxylation sites is 1. The standard InChI is InChI=1S/C16H17FO2/c1-10-7-8-13(9-11(10)2)19-16-14(12(3)18)5-4-6-15(16)17/h4-9,12,18H,1-3H3/t12-/m0/s1. The van der Waals surface area contributed by atoms with Crippen LogP contribution in [-0.4, -0.2) is 5.11 Å². The van der Waals surface area contributed by atoms with Crippen LogP contribution in [0.15, 0.2) is 36.4 Å². The number of aliphatic hydroxyl groups excluding tert-OH is 1. The molecule has 0 aliphatic heterocycles. The number of benzene rings is 2. The summed E-state index contributed by atoms with van der Waals surface area (Å²) in [5.74, 6) is 0.174. The van der Waals surface area contributed by atoms with Crippen LogP contribution in [0.2, 0.25) is 0 Å². The predicted molar refractivity (Wildman–Crippen MR) is 73.0 cm³/mol. The second kappa shape index (κ2) is 5.41. The van der Waals surface area contributed by atoms with Gasteiger partial charge in [0.15, 0.2) is 11.6 Å². The molecule has 0 fully saturated rings. The van der Waals surface area contributed by atoms with Gasteiger partial charge in [0, 0.05) is 5.56 Å². The third-order valence-electron chi connectivity index (χ3n) is 3.15. The second-order valence-corrected chi connectivity index (χ2v) is 4.68. The van der Waals surface area contributed by atoms with Crippen LogP contribution >= 0.6 is 0 Å². The number of hydrogen-bond acceptors (Lipinski definition) is 2. The number of aryl methyl sites for hydroxylation is 2. The van der Waals surface area contributed by atoms with Gasteiger partial charge in [-0.25, -0.2) is 4.39 Å². The summed E-state index contributed by atoms with van der Waals surface area (Å²) in [4.78, 5) is 0. The van der Waals surface area contributed by atoms with Gasteiger partial charge < -0.3 is 9.84 Å². The first-order valence-electron chi connectivity index (χ1n) is 6.20. The number of ether oxygens (including phenoxy) is 1. The third kappa shape index (κ3) is 2.93. The van der Waals surface area contributed by atoms with E-state index < -0.39 is 11.9 Å². The molecule has 0 aromatic heterocycles. The van der Waals surface area contributed by atoms with Crippen LogP contribution in [0.3, 0.4) is 0 Å². The molecule has 1 N–H and O–H groups in total. The average Bonchev–Trinajstić information content (AvgIpc) is 2.36. The van der Waals surface area contributed by atoms with E-state index in [4.69, 9.17) is 4.74 Å². The van der Waals surface area contributed by atoms with E-state index in [1.54, 1.807) is 25.1 Å². The van der Waals surface area contributed by atoms with E-state index in [1.165, 1.54) is 6.07 Å². The minimum atomic E-state index is -0.780. The molecule has 0 heterocycles. The van der Waals surface area contributed by atoms with Crippen molar-refractivity contribution in [1.29, 1.82) is 0 Å². The van der Waals surface area contributed by atoms with Crippen molar-refractivity contribution in [2.45, 2.75) is 26.9 Å². The zero-order valence-electron chi connectivity index (χ0n) is 11.3. The Morgan fingerprint density at radius 2 is 1.84 bits per heavy atom. The average molecular weight is 260 g/mol. The van der Waals surface area contributed by atoms with Crippen LogP contribution in [-0.2, 0) is 0 Å². The first-order chi connectivity index (χ1) is 8.99. The molecule has 0 radical (unpaired) electrons. The lowest BCUT2D eigenvalue weighted by atomic mass is 10.1. The number of halogens is 1. The van der Waals surface area contributed by atoms with E-state index >= 15 is 0 Å². The fourth-order valence-electron chi connectivity index (χ4n) is 1.86. The fraction of sp³-hybridized carbons (Fsp3) is 0.250. The van der Waals surface area contributed by atoms with Crippen LogP contribution in [0.5, 0.6) is 11.5 Å². The zero-order valence-corrected chi connectivity index (χ0v) is 11.3. The van der Waals surface area contributed by atoms with Gasteiger partial charge in [0.2, 0.25) is 0 Å². The maximum Gasteiger partial charge on any atom is 0.168 e. The van der Waals surface area contributed by atoms with Crippen LogP contribution in [0.4, 0.5) is 4.39 Å². The third-order valence-corrected chi connectivity index (χ3v) is 3.15. The Morgan fingerprint density at radius 3 is 2.47 bits per heavy atom. The van der Waals surface area contributed by atoms with Crippen LogP contribution in [0.1, 0.15) is 29.7 Å². The van der Waals surface area contributed by atoms with Gasteiger partial charge in [-0.15, -0.1) is 0 Å². The summed E-state index contributed by atoms with van der Waals surface area (Å²) in [6, 6.07) is 10.1. The van der Waals surface area contributed by atoms with Crippen molar-refractivity contribution in [3.05, 3.63) is 58.9 Å². The summed E-state index contributed by atoms with van der Waals surface area (Å²) in [6.07, 6.45) is -0.780. The molecule has 1 atom stereocenters. The topological polar surface area (TPSA) is 29.5 Å². The van der Waals surface area contributed by atoms with Crippen molar-refractivity contribution in [1.82, 2.24) is 0 Å². The Kier molecular flexibility index (Phi) is 3.86. The Morgan fingerprint density at radius 1 is 1.11 bits per heavy atom. The molecule has 2 rings (SSSR count). The first-order valence-corrected chi connectivity index (χ1v) is 6.20. The molecule has 3 heteroatoms. The maximum atomic E-state index is 13.8. The highest BCUT2D eigenvalue weighted by Crippen LogP contribution is 2.32. The van der Waals surface area contributed by atoms with Gasteiger partial charge in [-0.2, -0.15) is 0 Å². The van der Waals surface area contributed by atoms with E-state index in [-0.39, 0.29) is 5.75 Å². The van der Waals surface area contributed by atoms with E-state index in [0.717, 1.165) is 11.1 Å². The Bertz CT molecular complexity index is 591. The molecule has 0 bridgehead atoms. The lowest BCUT2D eigenvalue weighted by Gasteiger charge is -2.14. The van der Waals surface area contributed by atoms with Gasteiger partial charge in [0.25, 0.3) is 0 Å². The molecule has 0 unspecified atom stereocenters. The maximum absolute atomic E-state index is 13.8. The molecule has 0 saturated heterocycles. The molecular formula is C16H17FO2. The molecule has 0 aliphatic carbocycles. The summed E-state index contributed by atoms with van der Waals surface area (Å²) in [5.41, 5.74) is 2.67. The van der Waals surface area contributed by atoms with Crippen molar-refractivity contribution >= 4 is 0 Å². The summed E-state index contributed by atoms with van der Waals surface area (Å²) < 4.78 is 19.4. The summed E-state index contributed by atoms with van der Waals surface area (Å²) in [6.45, 7) is 5.56. The minimum Gasteiger partial charge on any atom is -0.454 e. The predicted octanol–water partition coefficient (Wildman–Crippen LogP) is 4.29. The number of rotatable bonds is 3. The number of aliphatic hydroxyl groups is 1. The Labute approximate surface area is 112 Å². The van der Waals surface area contributed by atoms with Crippen LogP contribution in [0, 0.1) is 19.7 Å². The Hall–Kier alpha value is -1.87. The molecule has 0 saturated carbocycles. The van der Waals surface area contributed by atoms with Crippen LogP contribution in [0.25, 0.3) is 0 Å². The fourth-order valence-corrected chi connectivity index (χ4v) is 1.86. The second-order valence-electron chi connectivity index (χ2n) is 4.68. The van der Waals surface area contributed by atoms with Crippen molar-refractivity contribution in [2.75, 3.05) is 0 Å². The quantitative estimate of drug-likeness (QED) is 0.892. The molecule has 2 aromatic rings. The van der Waals surface area contributed by atoms with Gasteiger partial charge in [0.1, 0.15) is 5.75 Å². The van der Waals surface area contributed by atoms with Gasteiger partial charge in [-0.3, -0.25) is 0 Å². The van der Waals surface area contributed by atoms with E-state index in [2.05, 4.69) is 0 Å². The van der Waals surface area contributed by atoms with Crippen molar-refractivity contribution < 1.29 is 14.2 Å². The molecule has 0 aliphatic rings. The van der Waals surface area contributed by atoms with Gasteiger partial charge in [-0.1, -0.05) is 18.2 Å². The summed E-state index contributed by atoms with van der Waals surface area (Å²) in [5, 5.41) is 9.66. The van der Waals surface area contributed by atoms with Gasteiger partial charge >= 0.3 is 0 Å². The summed E-state index contributed by atoms with van der Waals surface area (Å²) >= 11 is 0. The highest BCUT2D eigenvalue weighted by Gasteiger charge is 2.14. The Balaban J connectivity index is 2.40.